The molecule has 0 amide bonds. The molecule has 0 saturated carbocycles. The SMILES string of the molecule is CCC=C(C(=O)O)c1cscn1.CS(=O)(=O)O. The second-order valence-corrected chi connectivity index (χ2v) is 5.12. The van der Waals surface area contributed by atoms with Crippen molar-refractivity contribution in [2.24, 2.45) is 0 Å². The Hall–Kier alpha value is -1.25. The first-order chi connectivity index (χ1) is 7.75. The molecule has 1 aromatic heterocycles. The van der Waals surface area contributed by atoms with E-state index in [1.807, 2.05) is 6.92 Å². The molecule has 0 aliphatic carbocycles. The Labute approximate surface area is 103 Å². The molecule has 2 N–H and O–H groups in total. The molecule has 0 aromatic carbocycles. The highest BCUT2D eigenvalue weighted by Crippen LogP contribution is 2.14. The van der Waals surface area contributed by atoms with Gasteiger partial charge in [-0.2, -0.15) is 8.42 Å². The van der Waals surface area contributed by atoms with Gasteiger partial charge in [0.1, 0.15) is 0 Å². The lowest BCUT2D eigenvalue weighted by Gasteiger charge is -1.95. The number of allylic oxidation sites excluding steroid dienone is 1. The Kier molecular flexibility index (Phi) is 6.62. The van der Waals surface area contributed by atoms with Gasteiger partial charge in [0.25, 0.3) is 10.1 Å². The second-order valence-electron chi connectivity index (χ2n) is 2.94. The fourth-order valence-electron chi connectivity index (χ4n) is 0.851. The van der Waals surface area contributed by atoms with E-state index in [1.165, 1.54) is 11.3 Å². The van der Waals surface area contributed by atoms with Gasteiger partial charge in [0.05, 0.1) is 23.0 Å². The molecule has 6 nitrogen and oxygen atoms in total. The van der Waals surface area contributed by atoms with Crippen molar-refractivity contribution in [1.29, 1.82) is 0 Å². The molecular formula is C9H13NO5S2. The summed E-state index contributed by atoms with van der Waals surface area (Å²) in [6.07, 6.45) is 3.09. The molecular weight excluding hydrogens is 266 g/mol. The summed E-state index contributed by atoms with van der Waals surface area (Å²) in [6.45, 7) is 1.90. The van der Waals surface area contributed by atoms with Crippen LogP contribution in [0, 0.1) is 0 Å². The maximum atomic E-state index is 10.7. The van der Waals surface area contributed by atoms with Crippen molar-refractivity contribution < 1.29 is 22.9 Å². The minimum absolute atomic E-state index is 0.291. The van der Waals surface area contributed by atoms with Crippen LogP contribution in [0.3, 0.4) is 0 Å². The Morgan fingerprint density at radius 3 is 2.41 bits per heavy atom. The number of hydrogen-bond acceptors (Lipinski definition) is 5. The fraction of sp³-hybridized carbons (Fsp3) is 0.333. The summed E-state index contributed by atoms with van der Waals surface area (Å²) >= 11 is 1.40. The minimum Gasteiger partial charge on any atom is -0.478 e. The first kappa shape index (κ1) is 15.8. The van der Waals surface area contributed by atoms with E-state index in [2.05, 4.69) is 4.98 Å². The highest BCUT2D eigenvalue weighted by Gasteiger charge is 2.10. The number of nitrogens with zero attached hydrogens (tertiary/aromatic N) is 1. The Morgan fingerprint density at radius 2 is 2.12 bits per heavy atom. The Balaban J connectivity index is 0.000000437. The van der Waals surface area contributed by atoms with Crippen LogP contribution in [-0.2, 0) is 14.9 Å². The molecule has 1 heterocycles. The molecule has 8 heteroatoms. The summed E-state index contributed by atoms with van der Waals surface area (Å²) in [7, 11) is -3.67. The van der Waals surface area contributed by atoms with Gasteiger partial charge in [0, 0.05) is 5.38 Å². The zero-order valence-corrected chi connectivity index (χ0v) is 11.0. The Bertz CT molecular complexity index is 467. The number of carboxylic acid groups (broad SMARTS) is 1. The van der Waals surface area contributed by atoms with Gasteiger partial charge in [0.15, 0.2) is 0 Å². The van der Waals surface area contributed by atoms with Gasteiger partial charge < -0.3 is 5.11 Å². The smallest absolute Gasteiger partial charge is 0.337 e. The molecule has 0 radical (unpaired) electrons. The van der Waals surface area contributed by atoms with Crippen LogP contribution in [0.4, 0.5) is 0 Å². The molecule has 0 saturated heterocycles. The van der Waals surface area contributed by atoms with Gasteiger partial charge in [-0.05, 0) is 6.42 Å². The van der Waals surface area contributed by atoms with Crippen molar-refractivity contribution in [3.05, 3.63) is 22.7 Å². The molecule has 1 rings (SSSR count). The van der Waals surface area contributed by atoms with E-state index in [1.54, 1.807) is 17.0 Å². The lowest BCUT2D eigenvalue weighted by Crippen LogP contribution is -1.99. The van der Waals surface area contributed by atoms with Crippen LogP contribution in [-0.4, -0.2) is 35.3 Å². The van der Waals surface area contributed by atoms with Crippen LogP contribution in [0.1, 0.15) is 19.0 Å². The molecule has 0 spiro atoms. The van der Waals surface area contributed by atoms with Crippen LogP contribution in [0.25, 0.3) is 5.57 Å². The van der Waals surface area contributed by atoms with Crippen LogP contribution in [0.2, 0.25) is 0 Å². The third-order valence-electron chi connectivity index (χ3n) is 1.35. The van der Waals surface area contributed by atoms with Gasteiger partial charge in [-0.15, -0.1) is 11.3 Å². The summed E-state index contributed by atoms with van der Waals surface area (Å²) in [5.41, 5.74) is 2.47. The van der Waals surface area contributed by atoms with E-state index < -0.39 is 16.1 Å². The molecule has 0 aliphatic heterocycles. The number of hydrogen-bond donors (Lipinski definition) is 2. The molecule has 1 aromatic rings. The third-order valence-corrected chi connectivity index (χ3v) is 1.93. The van der Waals surface area contributed by atoms with E-state index in [-0.39, 0.29) is 0 Å². The summed E-state index contributed by atoms with van der Waals surface area (Å²) < 4.78 is 25.9. The third kappa shape index (κ3) is 8.55. The predicted octanol–water partition coefficient (Wildman–Crippen LogP) is 1.53. The normalized spacial score (nSPS) is 11.6. The standard InChI is InChI=1S/C8H9NO2S.CH4O3S/c1-2-3-6(8(10)11)7-4-12-5-9-7;1-5(2,3)4/h3-5H,2H2,1H3,(H,10,11);1H3,(H,2,3,4). The minimum atomic E-state index is -3.67. The van der Waals surface area contributed by atoms with Gasteiger partial charge in [-0.1, -0.05) is 13.0 Å². The first-order valence-electron chi connectivity index (χ1n) is 4.50. The zero-order chi connectivity index (χ0) is 13.5. The second kappa shape index (κ2) is 7.15. The predicted molar refractivity (Wildman–Crippen MR) is 65.5 cm³/mol. The van der Waals surface area contributed by atoms with Crippen molar-refractivity contribution in [2.45, 2.75) is 13.3 Å². The highest BCUT2D eigenvalue weighted by molar-refractivity contribution is 7.85. The topological polar surface area (TPSA) is 105 Å². The van der Waals surface area contributed by atoms with Crippen LogP contribution >= 0.6 is 11.3 Å². The summed E-state index contributed by atoms with van der Waals surface area (Å²) in [5, 5.41) is 10.5. The Morgan fingerprint density at radius 1 is 1.59 bits per heavy atom. The number of aromatic nitrogens is 1. The number of thiazole rings is 1. The molecule has 96 valence electrons. The maximum Gasteiger partial charge on any atom is 0.337 e. The van der Waals surface area contributed by atoms with Crippen LogP contribution in [0.15, 0.2) is 17.0 Å². The molecule has 0 bridgehead atoms. The van der Waals surface area contributed by atoms with Gasteiger partial charge in [-0.3, -0.25) is 4.55 Å². The monoisotopic (exact) mass is 279 g/mol. The van der Waals surface area contributed by atoms with Crippen molar-refractivity contribution >= 4 is 33.0 Å². The summed E-state index contributed by atoms with van der Waals surface area (Å²) in [5.74, 6) is -0.914. The first-order valence-corrected chi connectivity index (χ1v) is 7.29. The number of carbonyl (C=O) groups is 1. The molecule has 17 heavy (non-hydrogen) atoms. The maximum absolute atomic E-state index is 10.7. The number of rotatable bonds is 3. The van der Waals surface area contributed by atoms with E-state index in [4.69, 9.17) is 9.66 Å². The van der Waals surface area contributed by atoms with Crippen LogP contribution in [0.5, 0.6) is 0 Å². The van der Waals surface area contributed by atoms with Crippen molar-refractivity contribution in [3.8, 4) is 0 Å². The van der Waals surface area contributed by atoms with E-state index in [0.717, 1.165) is 0 Å². The lowest BCUT2D eigenvalue weighted by molar-refractivity contribution is -0.130. The number of carboxylic acids is 1. The van der Waals surface area contributed by atoms with E-state index >= 15 is 0 Å². The highest BCUT2D eigenvalue weighted by atomic mass is 32.2. The van der Waals surface area contributed by atoms with Crippen molar-refractivity contribution in [2.75, 3.05) is 6.26 Å². The van der Waals surface area contributed by atoms with Gasteiger partial charge in [0.2, 0.25) is 0 Å². The fourth-order valence-corrected chi connectivity index (χ4v) is 1.40. The summed E-state index contributed by atoms with van der Waals surface area (Å²) in [6, 6.07) is 0. The quantitative estimate of drug-likeness (QED) is 0.642. The average Bonchev–Trinajstić information content (AvgIpc) is 2.63. The van der Waals surface area contributed by atoms with Crippen molar-refractivity contribution in [1.82, 2.24) is 4.98 Å². The molecule has 0 atom stereocenters. The largest absolute Gasteiger partial charge is 0.478 e. The average molecular weight is 279 g/mol. The zero-order valence-electron chi connectivity index (χ0n) is 9.32. The summed E-state index contributed by atoms with van der Waals surface area (Å²) in [4.78, 5) is 14.6. The van der Waals surface area contributed by atoms with E-state index in [9.17, 15) is 13.2 Å². The number of aliphatic carboxylic acids is 1. The molecule has 0 aliphatic rings. The van der Waals surface area contributed by atoms with Gasteiger partial charge in [-0.25, -0.2) is 9.78 Å². The van der Waals surface area contributed by atoms with Crippen molar-refractivity contribution in [3.63, 3.8) is 0 Å². The lowest BCUT2D eigenvalue weighted by atomic mass is 10.2. The van der Waals surface area contributed by atoms with Crippen LogP contribution < -0.4 is 0 Å². The van der Waals surface area contributed by atoms with E-state index in [0.29, 0.717) is 23.9 Å². The molecule has 0 unspecified atom stereocenters. The molecule has 0 fully saturated rings. The van der Waals surface area contributed by atoms with Gasteiger partial charge >= 0.3 is 5.97 Å².